The molecule has 0 amide bonds. The summed E-state index contributed by atoms with van der Waals surface area (Å²) in [6.45, 7) is 4.97. The Hall–Kier alpha value is -1.91. The van der Waals surface area contributed by atoms with Crippen LogP contribution < -0.4 is 0 Å². The van der Waals surface area contributed by atoms with Crippen molar-refractivity contribution in [1.29, 1.82) is 0 Å². The Bertz CT molecular complexity index is 458. The highest BCUT2D eigenvalue weighted by Gasteiger charge is 2.43. The SMILES string of the molecule is CCOC(=O)C(C)(Cc1cccc(C)n1)C(=O)O. The number of rotatable bonds is 5. The highest BCUT2D eigenvalue weighted by Crippen LogP contribution is 2.24. The number of hydrogen-bond acceptors (Lipinski definition) is 4. The van der Waals surface area contributed by atoms with E-state index in [1.807, 2.05) is 13.0 Å². The molecule has 18 heavy (non-hydrogen) atoms. The van der Waals surface area contributed by atoms with E-state index in [0.717, 1.165) is 5.69 Å². The van der Waals surface area contributed by atoms with Crippen molar-refractivity contribution in [3.63, 3.8) is 0 Å². The molecule has 1 unspecified atom stereocenters. The summed E-state index contributed by atoms with van der Waals surface area (Å²) in [5.74, 6) is -1.94. The maximum Gasteiger partial charge on any atom is 0.323 e. The fraction of sp³-hybridized carbons (Fsp3) is 0.462. The summed E-state index contributed by atoms with van der Waals surface area (Å²) in [6.07, 6.45) is 0.0167. The number of pyridine rings is 1. The average molecular weight is 251 g/mol. The lowest BCUT2D eigenvalue weighted by molar-refractivity contribution is -0.167. The van der Waals surface area contributed by atoms with Crippen molar-refractivity contribution in [2.45, 2.75) is 27.2 Å². The van der Waals surface area contributed by atoms with Gasteiger partial charge in [0.15, 0.2) is 5.41 Å². The number of carboxylic acids is 1. The van der Waals surface area contributed by atoms with E-state index < -0.39 is 17.4 Å². The van der Waals surface area contributed by atoms with Crippen LogP contribution in [0, 0.1) is 12.3 Å². The fourth-order valence-electron chi connectivity index (χ4n) is 1.59. The molecule has 0 radical (unpaired) electrons. The highest BCUT2D eigenvalue weighted by molar-refractivity contribution is 5.98. The predicted octanol–water partition coefficient (Wildman–Crippen LogP) is 1.59. The minimum atomic E-state index is -1.60. The number of nitrogens with zero attached hydrogens (tertiary/aromatic N) is 1. The van der Waals surface area contributed by atoms with Gasteiger partial charge in [0.1, 0.15) is 0 Å². The van der Waals surface area contributed by atoms with E-state index in [1.54, 1.807) is 19.1 Å². The molecule has 1 heterocycles. The minimum absolute atomic E-state index is 0.0167. The van der Waals surface area contributed by atoms with Crippen LogP contribution in [0.3, 0.4) is 0 Å². The summed E-state index contributed by atoms with van der Waals surface area (Å²) in [5, 5.41) is 9.23. The van der Waals surface area contributed by atoms with Crippen molar-refractivity contribution in [3.8, 4) is 0 Å². The Morgan fingerprint density at radius 1 is 1.44 bits per heavy atom. The number of carbonyl (C=O) groups is 2. The van der Waals surface area contributed by atoms with Gasteiger partial charge in [-0.05, 0) is 32.9 Å². The number of hydrogen-bond donors (Lipinski definition) is 1. The van der Waals surface area contributed by atoms with E-state index in [1.165, 1.54) is 6.92 Å². The Morgan fingerprint density at radius 2 is 2.11 bits per heavy atom. The quantitative estimate of drug-likeness (QED) is 0.635. The molecule has 0 saturated heterocycles. The van der Waals surface area contributed by atoms with Crippen molar-refractivity contribution in [2.24, 2.45) is 5.41 Å². The number of esters is 1. The zero-order chi connectivity index (χ0) is 13.8. The lowest BCUT2D eigenvalue weighted by Crippen LogP contribution is -2.40. The smallest absolute Gasteiger partial charge is 0.323 e. The second-order valence-electron chi connectivity index (χ2n) is 4.30. The maximum absolute atomic E-state index is 11.8. The van der Waals surface area contributed by atoms with Gasteiger partial charge in [-0.2, -0.15) is 0 Å². The van der Waals surface area contributed by atoms with Crippen LogP contribution in [0.25, 0.3) is 0 Å². The Morgan fingerprint density at radius 3 is 2.61 bits per heavy atom. The molecule has 0 aromatic carbocycles. The van der Waals surface area contributed by atoms with Gasteiger partial charge in [-0.25, -0.2) is 0 Å². The average Bonchev–Trinajstić information content (AvgIpc) is 2.28. The molecule has 5 nitrogen and oxygen atoms in total. The summed E-state index contributed by atoms with van der Waals surface area (Å²) in [7, 11) is 0. The van der Waals surface area contributed by atoms with Crippen LogP contribution in [0.1, 0.15) is 25.2 Å². The van der Waals surface area contributed by atoms with E-state index in [9.17, 15) is 14.7 Å². The summed E-state index contributed by atoms with van der Waals surface area (Å²) in [4.78, 5) is 27.3. The molecule has 98 valence electrons. The first-order chi connectivity index (χ1) is 8.40. The van der Waals surface area contributed by atoms with Crippen LogP contribution in [0.4, 0.5) is 0 Å². The zero-order valence-electron chi connectivity index (χ0n) is 10.8. The molecule has 1 N–H and O–H groups in total. The second-order valence-corrected chi connectivity index (χ2v) is 4.30. The third-order valence-corrected chi connectivity index (χ3v) is 2.68. The molecule has 0 aliphatic rings. The third kappa shape index (κ3) is 3.06. The van der Waals surface area contributed by atoms with Gasteiger partial charge in [-0.1, -0.05) is 6.07 Å². The van der Waals surface area contributed by atoms with Crippen LogP contribution in [0.15, 0.2) is 18.2 Å². The minimum Gasteiger partial charge on any atom is -0.480 e. The van der Waals surface area contributed by atoms with Crippen molar-refractivity contribution >= 4 is 11.9 Å². The fourth-order valence-corrected chi connectivity index (χ4v) is 1.59. The van der Waals surface area contributed by atoms with Gasteiger partial charge in [-0.3, -0.25) is 14.6 Å². The first-order valence-electron chi connectivity index (χ1n) is 5.73. The lowest BCUT2D eigenvalue weighted by atomic mass is 9.85. The molecule has 0 spiro atoms. The standard InChI is InChI=1S/C13H17NO4/c1-4-18-12(17)13(3,11(15)16)8-10-7-5-6-9(2)14-10/h5-7H,4,8H2,1-3H3,(H,15,16). The number of aryl methyl sites for hydroxylation is 1. The Balaban J connectivity index is 3.00. The summed E-state index contributed by atoms with van der Waals surface area (Å²) < 4.78 is 4.82. The van der Waals surface area contributed by atoms with E-state index in [-0.39, 0.29) is 13.0 Å². The largest absolute Gasteiger partial charge is 0.480 e. The van der Waals surface area contributed by atoms with Crippen molar-refractivity contribution in [2.75, 3.05) is 6.61 Å². The van der Waals surface area contributed by atoms with Gasteiger partial charge in [0, 0.05) is 17.8 Å². The van der Waals surface area contributed by atoms with E-state index in [2.05, 4.69) is 4.98 Å². The number of ether oxygens (including phenoxy) is 1. The van der Waals surface area contributed by atoms with Gasteiger partial charge >= 0.3 is 11.9 Å². The molecule has 1 aromatic rings. The normalized spacial score (nSPS) is 13.7. The number of aliphatic carboxylic acids is 1. The van der Waals surface area contributed by atoms with Crippen LogP contribution in [0.5, 0.6) is 0 Å². The van der Waals surface area contributed by atoms with Crippen molar-refractivity contribution in [1.82, 2.24) is 4.98 Å². The van der Waals surface area contributed by atoms with Gasteiger partial charge in [0.25, 0.3) is 0 Å². The Labute approximate surface area is 106 Å². The van der Waals surface area contributed by atoms with E-state index in [4.69, 9.17) is 4.74 Å². The summed E-state index contributed by atoms with van der Waals surface area (Å²) in [6, 6.07) is 5.30. The third-order valence-electron chi connectivity index (χ3n) is 2.68. The van der Waals surface area contributed by atoms with Crippen LogP contribution in [-0.4, -0.2) is 28.6 Å². The number of carbonyl (C=O) groups excluding carboxylic acids is 1. The molecule has 0 bridgehead atoms. The molecule has 1 aromatic heterocycles. The van der Waals surface area contributed by atoms with E-state index in [0.29, 0.717) is 5.69 Å². The summed E-state index contributed by atoms with van der Waals surface area (Å²) in [5.41, 5.74) is -0.256. The van der Waals surface area contributed by atoms with Crippen molar-refractivity contribution in [3.05, 3.63) is 29.6 Å². The molecular weight excluding hydrogens is 234 g/mol. The van der Waals surface area contributed by atoms with Crippen LogP contribution >= 0.6 is 0 Å². The highest BCUT2D eigenvalue weighted by atomic mass is 16.5. The van der Waals surface area contributed by atoms with Crippen LogP contribution in [0.2, 0.25) is 0 Å². The number of carboxylic acid groups (broad SMARTS) is 1. The molecular formula is C13H17NO4. The maximum atomic E-state index is 11.8. The molecule has 0 aliphatic carbocycles. The molecule has 0 aliphatic heterocycles. The first kappa shape index (κ1) is 14.2. The first-order valence-corrected chi connectivity index (χ1v) is 5.73. The van der Waals surface area contributed by atoms with E-state index >= 15 is 0 Å². The topological polar surface area (TPSA) is 76.5 Å². The Kier molecular flexibility index (Phi) is 4.42. The second kappa shape index (κ2) is 5.62. The molecule has 1 rings (SSSR count). The molecule has 5 heteroatoms. The molecule has 0 fully saturated rings. The zero-order valence-corrected chi connectivity index (χ0v) is 10.8. The van der Waals surface area contributed by atoms with Gasteiger partial charge in [-0.15, -0.1) is 0 Å². The van der Waals surface area contributed by atoms with Gasteiger partial charge < -0.3 is 9.84 Å². The summed E-state index contributed by atoms with van der Waals surface area (Å²) >= 11 is 0. The van der Waals surface area contributed by atoms with Crippen molar-refractivity contribution < 1.29 is 19.4 Å². The lowest BCUT2D eigenvalue weighted by Gasteiger charge is -2.22. The predicted molar refractivity (Wildman–Crippen MR) is 65.1 cm³/mol. The monoisotopic (exact) mass is 251 g/mol. The van der Waals surface area contributed by atoms with Crippen LogP contribution in [-0.2, 0) is 20.7 Å². The number of aromatic nitrogens is 1. The molecule has 0 saturated carbocycles. The molecule has 1 atom stereocenters. The van der Waals surface area contributed by atoms with Gasteiger partial charge in [0.05, 0.1) is 6.61 Å². The van der Waals surface area contributed by atoms with Gasteiger partial charge in [0.2, 0.25) is 0 Å².